The number of thioether (sulfide) groups is 1. The molecule has 0 aromatic heterocycles. The SMILES string of the molecule is CSc1ccc(NC(=O)N2CCCCC2CCN2CCCC2=O)cc1. The Kier molecular flexibility index (Phi) is 6.24. The number of carbonyl (C=O) groups is 2. The van der Waals surface area contributed by atoms with Crippen LogP contribution in [0.5, 0.6) is 0 Å². The zero-order chi connectivity index (χ0) is 17.6. The van der Waals surface area contributed by atoms with Crippen LogP contribution in [0.1, 0.15) is 38.5 Å². The lowest BCUT2D eigenvalue weighted by atomic mass is 9.99. The van der Waals surface area contributed by atoms with E-state index in [-0.39, 0.29) is 18.0 Å². The summed E-state index contributed by atoms with van der Waals surface area (Å²) in [7, 11) is 0. The summed E-state index contributed by atoms with van der Waals surface area (Å²) in [5.41, 5.74) is 0.835. The summed E-state index contributed by atoms with van der Waals surface area (Å²) in [5, 5.41) is 3.03. The minimum atomic E-state index is -0.0191. The maximum atomic E-state index is 12.7. The van der Waals surface area contributed by atoms with Gasteiger partial charge in [-0.3, -0.25) is 4.79 Å². The number of hydrogen-bond acceptors (Lipinski definition) is 3. The van der Waals surface area contributed by atoms with Crippen LogP contribution in [0, 0.1) is 0 Å². The normalized spacial score (nSPS) is 20.8. The van der Waals surface area contributed by atoms with Crippen molar-refractivity contribution in [3.8, 4) is 0 Å². The molecule has 0 aliphatic carbocycles. The molecule has 2 aliphatic heterocycles. The van der Waals surface area contributed by atoms with Crippen molar-refractivity contribution < 1.29 is 9.59 Å². The lowest BCUT2D eigenvalue weighted by molar-refractivity contribution is -0.127. The van der Waals surface area contributed by atoms with Gasteiger partial charge in [-0.25, -0.2) is 4.79 Å². The number of likely N-dealkylation sites (tertiary alicyclic amines) is 2. The molecule has 0 saturated carbocycles. The Bertz CT molecular complexity index is 605. The van der Waals surface area contributed by atoms with Gasteiger partial charge in [-0.15, -0.1) is 11.8 Å². The number of carbonyl (C=O) groups excluding carboxylic acids is 2. The van der Waals surface area contributed by atoms with Crippen molar-refractivity contribution in [1.82, 2.24) is 9.80 Å². The summed E-state index contributed by atoms with van der Waals surface area (Å²) in [6.45, 7) is 2.45. The molecule has 1 atom stereocenters. The highest BCUT2D eigenvalue weighted by Gasteiger charge is 2.28. The fraction of sp³-hybridized carbons (Fsp3) is 0.579. The van der Waals surface area contributed by atoms with Crippen molar-refractivity contribution in [1.29, 1.82) is 0 Å². The summed E-state index contributed by atoms with van der Waals surface area (Å²) in [6.07, 6.45) is 7.81. The topological polar surface area (TPSA) is 52.7 Å². The molecule has 25 heavy (non-hydrogen) atoms. The molecule has 0 bridgehead atoms. The number of rotatable bonds is 5. The molecular formula is C19H27N3O2S. The average molecular weight is 362 g/mol. The standard InChI is InChI=1S/C19H27N3O2S/c1-25-17-9-7-15(8-10-17)20-19(24)22-13-3-2-5-16(22)11-14-21-12-4-6-18(21)23/h7-10,16H,2-6,11-14H2,1H3,(H,20,24). The molecule has 5 nitrogen and oxygen atoms in total. The number of anilines is 1. The Hall–Kier alpha value is -1.69. The molecule has 2 aliphatic rings. The molecule has 2 heterocycles. The Labute approximate surface area is 154 Å². The van der Waals surface area contributed by atoms with Crippen LogP contribution in [0.2, 0.25) is 0 Å². The minimum absolute atomic E-state index is 0.0191. The number of amides is 3. The van der Waals surface area contributed by atoms with Crippen LogP contribution >= 0.6 is 11.8 Å². The number of nitrogens with one attached hydrogen (secondary N) is 1. The van der Waals surface area contributed by atoms with E-state index in [2.05, 4.69) is 5.32 Å². The number of nitrogens with zero attached hydrogens (tertiary/aromatic N) is 2. The van der Waals surface area contributed by atoms with E-state index in [1.165, 1.54) is 4.90 Å². The van der Waals surface area contributed by atoms with Crippen LogP contribution in [-0.2, 0) is 4.79 Å². The predicted octanol–water partition coefficient (Wildman–Crippen LogP) is 3.81. The van der Waals surface area contributed by atoms with Crippen molar-refractivity contribution >= 4 is 29.4 Å². The van der Waals surface area contributed by atoms with Crippen LogP contribution in [0.4, 0.5) is 10.5 Å². The van der Waals surface area contributed by atoms with Crippen LogP contribution in [0.3, 0.4) is 0 Å². The fourth-order valence-corrected chi connectivity index (χ4v) is 4.09. The first-order chi connectivity index (χ1) is 12.2. The Morgan fingerprint density at radius 3 is 2.68 bits per heavy atom. The zero-order valence-electron chi connectivity index (χ0n) is 14.9. The van der Waals surface area contributed by atoms with Crippen LogP contribution < -0.4 is 5.32 Å². The second-order valence-corrected chi connectivity index (χ2v) is 7.65. The summed E-state index contributed by atoms with van der Waals surface area (Å²) in [6, 6.07) is 8.15. The third-order valence-electron chi connectivity index (χ3n) is 5.13. The molecule has 3 amide bonds. The van der Waals surface area contributed by atoms with Crippen molar-refractivity contribution in [2.75, 3.05) is 31.2 Å². The van der Waals surface area contributed by atoms with Crippen molar-refractivity contribution in [3.05, 3.63) is 24.3 Å². The Balaban J connectivity index is 1.57. The minimum Gasteiger partial charge on any atom is -0.343 e. The molecule has 1 aromatic carbocycles. The summed E-state index contributed by atoms with van der Waals surface area (Å²) in [4.78, 5) is 29.6. The molecular weight excluding hydrogens is 334 g/mol. The van der Waals surface area contributed by atoms with Gasteiger partial charge in [-0.2, -0.15) is 0 Å². The molecule has 1 unspecified atom stereocenters. The van der Waals surface area contributed by atoms with Gasteiger partial charge in [-0.1, -0.05) is 0 Å². The molecule has 1 N–H and O–H groups in total. The van der Waals surface area contributed by atoms with Gasteiger partial charge in [0.05, 0.1) is 0 Å². The fourth-order valence-electron chi connectivity index (χ4n) is 3.68. The highest BCUT2D eigenvalue weighted by molar-refractivity contribution is 7.98. The maximum absolute atomic E-state index is 12.7. The molecule has 1 aromatic rings. The predicted molar refractivity (Wildman–Crippen MR) is 102 cm³/mol. The molecule has 0 radical (unpaired) electrons. The van der Waals surface area contributed by atoms with Gasteiger partial charge in [0.2, 0.25) is 5.91 Å². The highest BCUT2D eigenvalue weighted by atomic mass is 32.2. The van der Waals surface area contributed by atoms with Crippen molar-refractivity contribution in [2.45, 2.75) is 49.5 Å². The van der Waals surface area contributed by atoms with Gasteiger partial charge in [0.1, 0.15) is 0 Å². The highest BCUT2D eigenvalue weighted by Crippen LogP contribution is 2.23. The van der Waals surface area contributed by atoms with Gasteiger partial charge in [0, 0.05) is 42.7 Å². The monoisotopic (exact) mass is 361 g/mol. The third-order valence-corrected chi connectivity index (χ3v) is 5.88. The second kappa shape index (κ2) is 8.61. The van der Waals surface area contributed by atoms with E-state index >= 15 is 0 Å². The molecule has 136 valence electrons. The quantitative estimate of drug-likeness (QED) is 0.812. The van der Waals surface area contributed by atoms with Crippen molar-refractivity contribution in [2.24, 2.45) is 0 Å². The van der Waals surface area contributed by atoms with E-state index in [9.17, 15) is 9.59 Å². The maximum Gasteiger partial charge on any atom is 0.322 e. The molecule has 0 spiro atoms. The number of piperidine rings is 1. The number of benzene rings is 1. The number of urea groups is 1. The number of hydrogen-bond donors (Lipinski definition) is 1. The average Bonchev–Trinajstić information content (AvgIpc) is 3.05. The molecule has 3 rings (SSSR count). The Morgan fingerprint density at radius 2 is 2.00 bits per heavy atom. The van der Waals surface area contributed by atoms with Crippen molar-refractivity contribution in [3.63, 3.8) is 0 Å². The van der Waals surface area contributed by atoms with Crippen LogP contribution in [0.15, 0.2) is 29.2 Å². The van der Waals surface area contributed by atoms with Crippen LogP contribution in [0.25, 0.3) is 0 Å². The van der Waals surface area contributed by atoms with Gasteiger partial charge in [-0.05, 0) is 62.6 Å². The second-order valence-electron chi connectivity index (χ2n) is 6.77. The third kappa shape index (κ3) is 4.69. The van der Waals surface area contributed by atoms with E-state index in [1.807, 2.05) is 40.3 Å². The first-order valence-electron chi connectivity index (χ1n) is 9.17. The lowest BCUT2D eigenvalue weighted by Gasteiger charge is -2.36. The van der Waals surface area contributed by atoms with Gasteiger partial charge in [0.25, 0.3) is 0 Å². The largest absolute Gasteiger partial charge is 0.343 e. The summed E-state index contributed by atoms with van der Waals surface area (Å²) < 4.78 is 0. The zero-order valence-corrected chi connectivity index (χ0v) is 15.7. The van der Waals surface area contributed by atoms with E-state index < -0.39 is 0 Å². The first-order valence-corrected chi connectivity index (χ1v) is 10.4. The molecule has 6 heteroatoms. The van der Waals surface area contributed by atoms with Gasteiger partial charge in [0.15, 0.2) is 0 Å². The molecule has 2 fully saturated rings. The van der Waals surface area contributed by atoms with E-state index in [0.717, 1.165) is 57.4 Å². The smallest absolute Gasteiger partial charge is 0.322 e. The summed E-state index contributed by atoms with van der Waals surface area (Å²) >= 11 is 1.69. The molecule has 2 saturated heterocycles. The van der Waals surface area contributed by atoms with Gasteiger partial charge >= 0.3 is 6.03 Å². The van der Waals surface area contributed by atoms with E-state index in [4.69, 9.17) is 0 Å². The van der Waals surface area contributed by atoms with Gasteiger partial charge < -0.3 is 15.1 Å². The van der Waals surface area contributed by atoms with E-state index in [0.29, 0.717) is 6.42 Å². The Morgan fingerprint density at radius 1 is 1.20 bits per heavy atom. The lowest BCUT2D eigenvalue weighted by Crippen LogP contribution is -2.47. The first kappa shape index (κ1) is 18.1. The van der Waals surface area contributed by atoms with Crippen LogP contribution in [-0.4, -0.2) is 53.7 Å². The summed E-state index contributed by atoms with van der Waals surface area (Å²) in [5.74, 6) is 0.265. The van der Waals surface area contributed by atoms with E-state index in [1.54, 1.807) is 11.8 Å².